The molecule has 15 aromatic carbocycles. The lowest BCUT2D eigenvalue weighted by molar-refractivity contribution is 0.488. The van der Waals surface area contributed by atoms with Crippen molar-refractivity contribution in [2.75, 3.05) is 14.7 Å². The Bertz CT molecular complexity index is 6300. The standard InChI is InChI=1S/C107H89B2N3O/c1-103(2,3)71-58-72(104(4,5)6)61-75(60-71)110-91-52-30-28-50-87(91)108-89-64-90-97(65-93(89)111(76-62-73(105(7,8)9)59-74(63-76)106(10,11)12)95-55-69(54-94(110)100(95)108)66-34-16-13-17-35-66)113-98-57-70(77-43-32-46-83-82-42-24-27-49-86(82)107(99(77)83)84-47-25-22-40-80(84)81-41-23-26-48-85(81)107)56-96-101(98)109(90)88-51-29-31-53-92(88)112(96)102-78(67-36-18-14-19-37-67)44-33-45-79(102)68-38-20-15-21-39-68/h13-65H,1-12H3. The van der Waals surface area contributed by atoms with Crippen LogP contribution in [0.15, 0.2) is 322 Å². The maximum absolute atomic E-state index is 8.28. The summed E-state index contributed by atoms with van der Waals surface area (Å²) in [5, 5.41) is 0. The zero-order valence-electron chi connectivity index (χ0n) is 66.5. The Morgan fingerprint density at radius 3 is 1.12 bits per heavy atom. The average molecular weight is 1450 g/mol. The lowest BCUT2D eigenvalue weighted by Gasteiger charge is -2.46. The molecule has 4 nitrogen and oxygen atoms in total. The van der Waals surface area contributed by atoms with E-state index in [0.29, 0.717) is 0 Å². The second kappa shape index (κ2) is 24.8. The average Bonchev–Trinajstić information content (AvgIpc) is 1.51. The molecule has 4 aliphatic heterocycles. The van der Waals surface area contributed by atoms with Gasteiger partial charge in [-0.25, -0.2) is 0 Å². The van der Waals surface area contributed by atoms with E-state index in [-0.39, 0.29) is 35.1 Å². The fraction of sp³-hybridized carbons (Fsp3) is 0.159. The van der Waals surface area contributed by atoms with Gasteiger partial charge < -0.3 is 19.4 Å². The molecule has 0 aromatic heterocycles. The van der Waals surface area contributed by atoms with Crippen molar-refractivity contribution in [1.82, 2.24) is 0 Å². The SMILES string of the molecule is CC(C)(C)c1cc(N2c3ccccc3B3c4cc5c(cc4N(c4cc(C(C)(C)C)cc(C(C)(C)C)c4)c4cc(-c6ccccc6)cc2c43)Oc2cc(-c3cccc4c3C3(c6ccccc6-c6ccccc63)c3ccccc3-4)cc3c2B5c2ccccc2N3c2c(-c3ccccc3)cccc2-c2ccccc2)cc(C(C)(C)C)c1. The van der Waals surface area contributed by atoms with Crippen LogP contribution in [0, 0.1) is 0 Å². The highest BCUT2D eigenvalue weighted by atomic mass is 16.5. The Kier molecular flexibility index (Phi) is 15.1. The quantitative estimate of drug-likeness (QED) is 0.148. The molecule has 6 heteroatoms. The first-order valence-electron chi connectivity index (χ1n) is 40.4. The molecule has 544 valence electrons. The van der Waals surface area contributed by atoms with Crippen LogP contribution in [-0.4, -0.2) is 13.4 Å². The number of hydrogen-bond acceptors (Lipinski definition) is 4. The summed E-state index contributed by atoms with van der Waals surface area (Å²) in [6.45, 7) is 27.9. The molecule has 0 unspecified atom stereocenters. The molecular formula is C107H89B2N3O. The summed E-state index contributed by atoms with van der Waals surface area (Å²) in [4.78, 5) is 7.92. The number of ether oxygens (including phenoxy) is 1. The molecule has 0 fully saturated rings. The van der Waals surface area contributed by atoms with Gasteiger partial charge in [-0.15, -0.1) is 0 Å². The highest BCUT2D eigenvalue weighted by Crippen LogP contribution is 2.65. The van der Waals surface area contributed by atoms with E-state index >= 15 is 0 Å². The van der Waals surface area contributed by atoms with Crippen LogP contribution < -0.4 is 52.2 Å². The predicted molar refractivity (Wildman–Crippen MR) is 479 cm³/mol. The third-order valence-corrected chi connectivity index (χ3v) is 25.5. The zero-order chi connectivity index (χ0) is 76.9. The number of para-hydroxylation sites is 3. The highest BCUT2D eigenvalue weighted by molar-refractivity contribution is 7.02. The van der Waals surface area contributed by atoms with E-state index in [1.165, 1.54) is 106 Å². The summed E-state index contributed by atoms with van der Waals surface area (Å²) in [6.07, 6.45) is 0. The molecule has 0 N–H and O–H groups in total. The van der Waals surface area contributed by atoms with E-state index in [4.69, 9.17) is 4.74 Å². The first-order valence-corrected chi connectivity index (χ1v) is 40.4. The molecule has 113 heavy (non-hydrogen) atoms. The largest absolute Gasteiger partial charge is 0.458 e. The summed E-state index contributed by atoms with van der Waals surface area (Å²) in [5.74, 6) is 1.69. The molecule has 0 radical (unpaired) electrons. The number of anilines is 9. The first-order chi connectivity index (χ1) is 54.6. The van der Waals surface area contributed by atoms with Crippen LogP contribution >= 0.6 is 0 Å². The Morgan fingerprint density at radius 2 is 0.628 bits per heavy atom. The molecule has 15 aromatic rings. The summed E-state index contributed by atoms with van der Waals surface area (Å²) < 4.78 is 8.28. The van der Waals surface area contributed by atoms with Gasteiger partial charge in [0.1, 0.15) is 11.5 Å². The molecule has 0 amide bonds. The van der Waals surface area contributed by atoms with Gasteiger partial charge in [-0.2, -0.15) is 0 Å². The van der Waals surface area contributed by atoms with Crippen LogP contribution in [0.4, 0.5) is 51.2 Å². The smallest absolute Gasteiger partial charge is 0.256 e. The van der Waals surface area contributed by atoms with Gasteiger partial charge in [-0.3, -0.25) is 0 Å². The van der Waals surface area contributed by atoms with Crippen molar-refractivity contribution in [3.63, 3.8) is 0 Å². The van der Waals surface area contributed by atoms with E-state index in [1.54, 1.807) is 0 Å². The topological polar surface area (TPSA) is 19.0 Å². The van der Waals surface area contributed by atoms with Crippen molar-refractivity contribution in [3.05, 3.63) is 366 Å². The molecular weight excluding hydrogens is 1360 g/mol. The van der Waals surface area contributed by atoms with Crippen molar-refractivity contribution in [1.29, 1.82) is 0 Å². The number of rotatable bonds is 7. The van der Waals surface area contributed by atoms with E-state index in [0.717, 1.165) is 101 Å². The number of nitrogens with zero attached hydrogens (tertiary/aromatic N) is 3. The van der Waals surface area contributed by atoms with Crippen LogP contribution in [0.2, 0.25) is 0 Å². The number of benzene rings is 15. The molecule has 0 bridgehead atoms. The van der Waals surface area contributed by atoms with E-state index < -0.39 is 5.41 Å². The second-order valence-corrected chi connectivity index (χ2v) is 36.3. The fourth-order valence-electron chi connectivity index (χ4n) is 20.0. The van der Waals surface area contributed by atoms with Gasteiger partial charge in [0, 0.05) is 62.7 Å². The van der Waals surface area contributed by atoms with Gasteiger partial charge in [0.05, 0.1) is 11.1 Å². The van der Waals surface area contributed by atoms with Gasteiger partial charge in [-0.05, 0) is 215 Å². The number of hydrogen-bond donors (Lipinski definition) is 0. The summed E-state index contributed by atoms with van der Waals surface area (Å²) >= 11 is 0. The van der Waals surface area contributed by atoms with Crippen LogP contribution in [0.3, 0.4) is 0 Å². The normalized spacial score (nSPS) is 14.2. The minimum Gasteiger partial charge on any atom is -0.458 e. The highest BCUT2D eigenvalue weighted by Gasteiger charge is 2.54. The molecule has 2 aliphatic carbocycles. The lowest BCUT2D eigenvalue weighted by atomic mass is 9.30. The van der Waals surface area contributed by atoms with Crippen molar-refractivity contribution in [2.45, 2.75) is 110 Å². The van der Waals surface area contributed by atoms with Crippen molar-refractivity contribution < 1.29 is 4.74 Å². The predicted octanol–water partition coefficient (Wildman–Crippen LogP) is 24.4. The Morgan fingerprint density at radius 1 is 0.248 bits per heavy atom. The molecule has 6 aliphatic rings. The van der Waals surface area contributed by atoms with E-state index in [2.05, 4.69) is 419 Å². The lowest BCUT2D eigenvalue weighted by Crippen LogP contribution is -2.64. The maximum atomic E-state index is 8.28. The summed E-state index contributed by atoms with van der Waals surface area (Å²) in [6, 6.07) is 123. The molecule has 21 rings (SSSR count). The van der Waals surface area contributed by atoms with Gasteiger partial charge in [0.15, 0.2) is 0 Å². The van der Waals surface area contributed by atoms with Crippen molar-refractivity contribution in [3.8, 4) is 78.3 Å². The fourth-order valence-corrected chi connectivity index (χ4v) is 20.0. The molecule has 0 saturated carbocycles. The molecule has 0 saturated heterocycles. The number of fused-ring (bicyclic) bond motifs is 18. The summed E-state index contributed by atoms with van der Waals surface area (Å²) in [5.41, 5.74) is 40.9. The van der Waals surface area contributed by atoms with Gasteiger partial charge in [0.2, 0.25) is 0 Å². The molecule has 4 heterocycles. The van der Waals surface area contributed by atoms with Gasteiger partial charge in [0.25, 0.3) is 13.4 Å². The van der Waals surface area contributed by atoms with E-state index in [1.807, 2.05) is 0 Å². The molecule has 0 atom stereocenters. The minimum atomic E-state index is -0.623. The Balaban J connectivity index is 0.879. The monoisotopic (exact) mass is 1450 g/mol. The van der Waals surface area contributed by atoms with Crippen molar-refractivity contribution in [2.24, 2.45) is 0 Å². The maximum Gasteiger partial charge on any atom is 0.256 e. The van der Waals surface area contributed by atoms with Crippen LogP contribution in [-0.2, 0) is 27.1 Å². The Labute approximate surface area is 666 Å². The molecule has 1 spiro atoms. The third kappa shape index (κ3) is 10.4. The van der Waals surface area contributed by atoms with Crippen LogP contribution in [0.25, 0.3) is 66.8 Å². The van der Waals surface area contributed by atoms with Gasteiger partial charge >= 0.3 is 0 Å². The summed E-state index contributed by atoms with van der Waals surface area (Å²) in [7, 11) is 0. The van der Waals surface area contributed by atoms with Crippen molar-refractivity contribution >= 4 is 97.4 Å². The minimum absolute atomic E-state index is 0.129. The zero-order valence-corrected chi connectivity index (χ0v) is 66.5. The second-order valence-electron chi connectivity index (χ2n) is 36.3. The third-order valence-electron chi connectivity index (χ3n) is 25.5. The van der Waals surface area contributed by atoms with Crippen LogP contribution in [0.1, 0.15) is 128 Å². The first kappa shape index (κ1) is 68.6. The van der Waals surface area contributed by atoms with Gasteiger partial charge in [-0.1, -0.05) is 338 Å². The van der Waals surface area contributed by atoms with Crippen LogP contribution in [0.5, 0.6) is 11.5 Å². The Hall–Kier alpha value is -12.4. The van der Waals surface area contributed by atoms with E-state index in [9.17, 15) is 0 Å².